The van der Waals surface area contributed by atoms with Crippen molar-refractivity contribution >= 4 is 17.2 Å². The van der Waals surface area contributed by atoms with Gasteiger partial charge in [0.05, 0.1) is 17.2 Å². The topological polar surface area (TPSA) is 45.2 Å². The lowest BCUT2D eigenvalue weighted by Gasteiger charge is -2.20. The van der Waals surface area contributed by atoms with Crippen LogP contribution in [0.25, 0.3) is 0 Å². The van der Waals surface area contributed by atoms with Crippen molar-refractivity contribution in [3.8, 4) is 0 Å². The highest BCUT2D eigenvalue weighted by Crippen LogP contribution is 2.09. The number of rotatable bonds is 6. The minimum atomic E-state index is 0.0747. The van der Waals surface area contributed by atoms with Gasteiger partial charge in [-0.1, -0.05) is 13.8 Å². The van der Waals surface area contributed by atoms with Crippen molar-refractivity contribution in [1.29, 1.82) is 0 Å². The summed E-state index contributed by atoms with van der Waals surface area (Å²) in [5, 5.41) is 6.11. The van der Waals surface area contributed by atoms with Gasteiger partial charge in [-0.05, 0) is 26.8 Å². The van der Waals surface area contributed by atoms with Crippen LogP contribution in [0.1, 0.15) is 31.5 Å². The summed E-state index contributed by atoms with van der Waals surface area (Å²) >= 11 is 1.64. The molecule has 0 radical (unpaired) electrons. The van der Waals surface area contributed by atoms with Crippen LogP contribution in [-0.2, 0) is 11.3 Å². The molecule has 1 atom stereocenters. The number of nitrogens with one attached hydrogen (secondary N) is 1. The number of aryl methyl sites for hydroxylation is 1. The molecule has 0 aromatic carbocycles. The molecule has 1 aromatic heterocycles. The molecule has 0 saturated carbocycles. The third-order valence-electron chi connectivity index (χ3n) is 2.90. The van der Waals surface area contributed by atoms with Gasteiger partial charge in [-0.3, -0.25) is 9.69 Å². The molecule has 1 unspecified atom stereocenters. The van der Waals surface area contributed by atoms with Crippen molar-refractivity contribution in [3.05, 3.63) is 16.1 Å². The van der Waals surface area contributed by atoms with Crippen molar-refractivity contribution in [2.45, 2.75) is 40.3 Å². The van der Waals surface area contributed by atoms with Gasteiger partial charge >= 0.3 is 0 Å². The van der Waals surface area contributed by atoms with Crippen LogP contribution in [0.15, 0.2) is 5.38 Å². The van der Waals surface area contributed by atoms with Crippen LogP contribution in [0.4, 0.5) is 0 Å². The van der Waals surface area contributed by atoms with Gasteiger partial charge in [0.2, 0.25) is 5.91 Å². The van der Waals surface area contributed by atoms with E-state index in [-0.39, 0.29) is 11.9 Å². The van der Waals surface area contributed by atoms with E-state index in [0.717, 1.165) is 10.7 Å². The molecule has 0 aliphatic carbocycles. The average Bonchev–Trinajstić information content (AvgIpc) is 2.62. The number of thiazole rings is 1. The first-order valence-corrected chi connectivity index (χ1v) is 7.15. The fraction of sp³-hybridized carbons (Fsp3) is 0.692. The number of hydrogen-bond acceptors (Lipinski definition) is 4. The van der Waals surface area contributed by atoms with E-state index in [1.807, 2.05) is 31.2 Å². The van der Waals surface area contributed by atoms with Crippen LogP contribution in [0.2, 0.25) is 0 Å². The first-order chi connectivity index (χ1) is 8.38. The predicted octanol–water partition coefficient (Wildman–Crippen LogP) is 2.04. The van der Waals surface area contributed by atoms with E-state index < -0.39 is 0 Å². The molecule has 1 amide bonds. The maximum absolute atomic E-state index is 11.8. The summed E-state index contributed by atoms with van der Waals surface area (Å²) in [7, 11) is 1.94. The first-order valence-electron chi connectivity index (χ1n) is 6.27. The fourth-order valence-electron chi connectivity index (χ4n) is 1.52. The van der Waals surface area contributed by atoms with Gasteiger partial charge in [-0.15, -0.1) is 11.3 Å². The molecule has 1 aromatic rings. The smallest absolute Gasteiger partial charge is 0.234 e. The minimum absolute atomic E-state index is 0.0747. The van der Waals surface area contributed by atoms with E-state index in [4.69, 9.17) is 0 Å². The lowest BCUT2D eigenvalue weighted by atomic mass is 10.1. The lowest BCUT2D eigenvalue weighted by molar-refractivity contribution is -0.122. The number of carbonyl (C=O) groups is 1. The fourth-order valence-corrected chi connectivity index (χ4v) is 2.13. The number of hydrogen-bond donors (Lipinski definition) is 1. The summed E-state index contributed by atoms with van der Waals surface area (Å²) in [5.74, 6) is 0.533. The summed E-state index contributed by atoms with van der Waals surface area (Å²) in [6.07, 6.45) is 0. The molecular weight excluding hydrogens is 246 g/mol. The standard InChI is InChI=1S/C13H23N3OS/c1-9(2)10(3)14-13(17)7-16(5)6-12-8-18-11(4)15-12/h8-10H,6-7H2,1-5H3,(H,14,17). The van der Waals surface area contributed by atoms with E-state index in [1.54, 1.807) is 11.3 Å². The highest BCUT2D eigenvalue weighted by Gasteiger charge is 2.13. The van der Waals surface area contributed by atoms with Crippen LogP contribution >= 0.6 is 11.3 Å². The lowest BCUT2D eigenvalue weighted by Crippen LogP contribution is -2.41. The van der Waals surface area contributed by atoms with Crippen molar-refractivity contribution < 1.29 is 4.79 Å². The maximum Gasteiger partial charge on any atom is 0.234 e. The largest absolute Gasteiger partial charge is 0.352 e. The van der Waals surface area contributed by atoms with Gasteiger partial charge in [0, 0.05) is 18.0 Å². The molecule has 0 saturated heterocycles. The number of likely N-dealkylation sites (N-methyl/N-ethyl adjacent to an activating group) is 1. The third kappa shape index (κ3) is 5.14. The quantitative estimate of drug-likeness (QED) is 0.859. The Bertz CT molecular complexity index is 389. The third-order valence-corrected chi connectivity index (χ3v) is 3.72. The van der Waals surface area contributed by atoms with Crippen molar-refractivity contribution in [3.63, 3.8) is 0 Å². The Morgan fingerprint density at radius 1 is 1.50 bits per heavy atom. The second-order valence-corrected chi connectivity index (χ2v) is 6.19. The van der Waals surface area contributed by atoms with E-state index >= 15 is 0 Å². The van der Waals surface area contributed by atoms with Crippen LogP contribution in [0.5, 0.6) is 0 Å². The van der Waals surface area contributed by atoms with Crippen LogP contribution in [0.3, 0.4) is 0 Å². The average molecular weight is 269 g/mol. The monoisotopic (exact) mass is 269 g/mol. The van der Waals surface area contributed by atoms with E-state index in [0.29, 0.717) is 19.0 Å². The molecule has 102 valence electrons. The summed E-state index contributed by atoms with van der Waals surface area (Å²) in [4.78, 5) is 18.2. The summed E-state index contributed by atoms with van der Waals surface area (Å²) < 4.78 is 0. The molecule has 1 rings (SSSR count). The van der Waals surface area contributed by atoms with Crippen molar-refractivity contribution in [1.82, 2.24) is 15.2 Å². The van der Waals surface area contributed by atoms with E-state index in [9.17, 15) is 4.79 Å². The first kappa shape index (κ1) is 15.1. The summed E-state index contributed by atoms with van der Waals surface area (Å²) in [5.41, 5.74) is 1.03. The second-order valence-electron chi connectivity index (χ2n) is 5.13. The van der Waals surface area contributed by atoms with Crippen LogP contribution < -0.4 is 5.32 Å². The molecular formula is C13H23N3OS. The van der Waals surface area contributed by atoms with Gasteiger partial charge in [0.25, 0.3) is 0 Å². The van der Waals surface area contributed by atoms with Crippen molar-refractivity contribution in [2.75, 3.05) is 13.6 Å². The number of amides is 1. The molecule has 0 aliphatic heterocycles. The molecule has 0 aliphatic rings. The predicted molar refractivity (Wildman–Crippen MR) is 75.6 cm³/mol. The Morgan fingerprint density at radius 2 is 2.17 bits per heavy atom. The highest BCUT2D eigenvalue weighted by molar-refractivity contribution is 7.09. The number of aromatic nitrogens is 1. The Hall–Kier alpha value is -0.940. The van der Waals surface area contributed by atoms with Gasteiger partial charge in [-0.2, -0.15) is 0 Å². The molecule has 0 bridgehead atoms. The molecule has 0 spiro atoms. The summed E-state index contributed by atoms with van der Waals surface area (Å²) in [6.45, 7) is 9.36. The van der Waals surface area contributed by atoms with E-state index in [2.05, 4.69) is 24.1 Å². The van der Waals surface area contributed by atoms with Crippen LogP contribution in [0, 0.1) is 12.8 Å². The zero-order valence-electron chi connectivity index (χ0n) is 11.9. The number of nitrogens with zero attached hydrogens (tertiary/aromatic N) is 2. The second kappa shape index (κ2) is 6.85. The molecule has 18 heavy (non-hydrogen) atoms. The SMILES string of the molecule is Cc1nc(CN(C)CC(=O)NC(C)C(C)C)cs1. The minimum Gasteiger partial charge on any atom is -0.352 e. The normalized spacial score (nSPS) is 13.1. The Morgan fingerprint density at radius 3 is 2.67 bits per heavy atom. The van der Waals surface area contributed by atoms with Gasteiger partial charge < -0.3 is 5.32 Å². The van der Waals surface area contributed by atoms with E-state index in [1.165, 1.54) is 0 Å². The molecule has 5 heteroatoms. The molecule has 1 N–H and O–H groups in total. The summed E-state index contributed by atoms with van der Waals surface area (Å²) in [6, 6.07) is 0.215. The Kier molecular flexibility index (Phi) is 5.75. The molecule has 4 nitrogen and oxygen atoms in total. The zero-order chi connectivity index (χ0) is 13.7. The van der Waals surface area contributed by atoms with Gasteiger partial charge in [-0.25, -0.2) is 4.98 Å². The Balaban J connectivity index is 2.35. The number of carbonyl (C=O) groups excluding carboxylic acids is 1. The van der Waals surface area contributed by atoms with Crippen molar-refractivity contribution in [2.24, 2.45) is 5.92 Å². The van der Waals surface area contributed by atoms with Gasteiger partial charge in [0.1, 0.15) is 0 Å². The Labute approximate surface area is 113 Å². The highest BCUT2D eigenvalue weighted by atomic mass is 32.1. The molecule has 0 fully saturated rings. The maximum atomic E-state index is 11.8. The zero-order valence-corrected chi connectivity index (χ0v) is 12.7. The molecule has 1 heterocycles. The van der Waals surface area contributed by atoms with Gasteiger partial charge in [0.15, 0.2) is 0 Å². The van der Waals surface area contributed by atoms with Crippen LogP contribution in [-0.4, -0.2) is 35.4 Å².